The molecule has 7 heteroatoms. The Balaban J connectivity index is 2.40. The summed E-state index contributed by atoms with van der Waals surface area (Å²) in [6.45, 7) is 1.40. The maximum absolute atomic E-state index is 13.0. The van der Waals surface area contributed by atoms with Gasteiger partial charge in [0.2, 0.25) is 0 Å². The summed E-state index contributed by atoms with van der Waals surface area (Å²) in [7, 11) is 1.56. The second kappa shape index (κ2) is 7.57. The first-order chi connectivity index (χ1) is 8.63. The molecule has 1 rings (SSSR count). The van der Waals surface area contributed by atoms with Crippen LogP contribution in [0.3, 0.4) is 0 Å². The Morgan fingerprint density at radius 2 is 1.94 bits per heavy atom. The number of halogens is 1. The zero-order valence-corrected chi connectivity index (χ0v) is 9.93. The van der Waals surface area contributed by atoms with Gasteiger partial charge in [0.05, 0.1) is 36.9 Å². The smallest absolute Gasteiger partial charge is 0.276 e. The molecule has 0 amide bonds. The van der Waals surface area contributed by atoms with Crippen molar-refractivity contribution >= 4 is 5.69 Å². The summed E-state index contributed by atoms with van der Waals surface area (Å²) in [5, 5.41) is 10.5. The predicted molar refractivity (Wildman–Crippen MR) is 61.2 cm³/mol. The normalized spacial score (nSPS) is 10.3. The first kappa shape index (κ1) is 14.3. The largest absolute Gasteiger partial charge is 0.491 e. The number of nitrogens with zero attached hydrogens (tertiary/aromatic N) is 1. The minimum atomic E-state index is -0.709. The van der Waals surface area contributed by atoms with Crippen LogP contribution in [0.15, 0.2) is 18.2 Å². The Morgan fingerprint density at radius 3 is 2.61 bits per heavy atom. The van der Waals surface area contributed by atoms with Crippen molar-refractivity contribution < 1.29 is 23.5 Å². The van der Waals surface area contributed by atoms with E-state index in [1.54, 1.807) is 7.11 Å². The molecule has 0 bridgehead atoms. The minimum Gasteiger partial charge on any atom is -0.491 e. The van der Waals surface area contributed by atoms with E-state index in [1.807, 2.05) is 0 Å². The van der Waals surface area contributed by atoms with E-state index in [-0.39, 0.29) is 18.0 Å². The predicted octanol–water partition coefficient (Wildman–Crippen LogP) is 1.78. The number of hydrogen-bond acceptors (Lipinski definition) is 5. The minimum absolute atomic E-state index is 0.108. The molecule has 0 unspecified atom stereocenters. The van der Waals surface area contributed by atoms with Crippen LogP contribution in [0.2, 0.25) is 0 Å². The number of benzene rings is 1. The topological polar surface area (TPSA) is 70.8 Å². The van der Waals surface area contributed by atoms with Gasteiger partial charge in [-0.15, -0.1) is 0 Å². The lowest BCUT2D eigenvalue weighted by Gasteiger charge is -2.07. The molecular formula is C11H14FNO5. The third-order valence-corrected chi connectivity index (χ3v) is 2.00. The van der Waals surface area contributed by atoms with Gasteiger partial charge in [-0.1, -0.05) is 0 Å². The van der Waals surface area contributed by atoms with Gasteiger partial charge in [-0.2, -0.15) is 0 Å². The van der Waals surface area contributed by atoms with Crippen LogP contribution >= 0.6 is 0 Å². The summed E-state index contributed by atoms with van der Waals surface area (Å²) < 4.78 is 28.1. The van der Waals surface area contributed by atoms with E-state index >= 15 is 0 Å². The highest BCUT2D eigenvalue weighted by Crippen LogP contribution is 2.21. The molecule has 1 aromatic rings. The average Bonchev–Trinajstić information content (AvgIpc) is 2.33. The van der Waals surface area contributed by atoms with Crippen LogP contribution in [0, 0.1) is 15.9 Å². The van der Waals surface area contributed by atoms with E-state index in [9.17, 15) is 14.5 Å². The van der Waals surface area contributed by atoms with Crippen molar-refractivity contribution in [3.8, 4) is 5.75 Å². The lowest BCUT2D eigenvalue weighted by atomic mass is 10.3. The second-order valence-electron chi connectivity index (χ2n) is 3.36. The molecule has 6 nitrogen and oxygen atoms in total. The van der Waals surface area contributed by atoms with Gasteiger partial charge >= 0.3 is 0 Å². The van der Waals surface area contributed by atoms with Crippen LogP contribution in [-0.4, -0.2) is 38.5 Å². The van der Waals surface area contributed by atoms with Crippen LogP contribution in [-0.2, 0) is 9.47 Å². The average molecular weight is 259 g/mol. The molecule has 100 valence electrons. The Kier molecular flexibility index (Phi) is 6.03. The van der Waals surface area contributed by atoms with Gasteiger partial charge in [0.1, 0.15) is 18.2 Å². The van der Waals surface area contributed by atoms with Gasteiger partial charge in [-0.25, -0.2) is 4.39 Å². The highest BCUT2D eigenvalue weighted by atomic mass is 19.1. The number of methoxy groups -OCH3 is 1. The van der Waals surface area contributed by atoms with Crippen LogP contribution in [0.1, 0.15) is 0 Å². The molecule has 0 N–H and O–H groups in total. The fourth-order valence-corrected chi connectivity index (χ4v) is 1.20. The molecule has 0 saturated heterocycles. The van der Waals surface area contributed by atoms with Crippen molar-refractivity contribution in [2.45, 2.75) is 0 Å². The molecule has 0 aromatic heterocycles. The van der Waals surface area contributed by atoms with Gasteiger partial charge in [0.25, 0.3) is 5.69 Å². The summed E-state index contributed by atoms with van der Waals surface area (Å²) in [6.07, 6.45) is 0. The Morgan fingerprint density at radius 1 is 1.22 bits per heavy atom. The van der Waals surface area contributed by atoms with Crippen molar-refractivity contribution in [1.29, 1.82) is 0 Å². The van der Waals surface area contributed by atoms with Crippen molar-refractivity contribution in [3.63, 3.8) is 0 Å². The Labute approximate surface area is 103 Å². The third-order valence-electron chi connectivity index (χ3n) is 2.00. The standard InChI is InChI=1S/C11H14FNO5/c1-16-2-3-17-4-5-18-11-7-9(12)6-10(8-11)13(14)15/h6-8H,2-5H2,1H3. The fraction of sp³-hybridized carbons (Fsp3) is 0.455. The van der Waals surface area contributed by atoms with E-state index in [1.165, 1.54) is 0 Å². The number of non-ortho nitro benzene ring substituents is 1. The SMILES string of the molecule is COCCOCCOc1cc(F)cc([N+](=O)[O-])c1. The maximum atomic E-state index is 13.0. The summed E-state index contributed by atoms with van der Waals surface area (Å²) in [4.78, 5) is 9.82. The summed E-state index contributed by atoms with van der Waals surface area (Å²) in [6, 6.07) is 3.09. The molecule has 0 aliphatic carbocycles. The molecule has 0 spiro atoms. The van der Waals surface area contributed by atoms with Crippen LogP contribution in [0.25, 0.3) is 0 Å². The van der Waals surface area contributed by atoms with Gasteiger partial charge in [0.15, 0.2) is 0 Å². The first-order valence-corrected chi connectivity index (χ1v) is 5.28. The molecule has 18 heavy (non-hydrogen) atoms. The van der Waals surface area contributed by atoms with Crippen LogP contribution in [0.4, 0.5) is 10.1 Å². The highest BCUT2D eigenvalue weighted by molar-refractivity contribution is 5.38. The molecule has 0 aliphatic rings. The molecule has 0 aliphatic heterocycles. The summed E-state index contributed by atoms with van der Waals surface area (Å²) in [5.41, 5.74) is -0.342. The molecule has 0 radical (unpaired) electrons. The van der Waals surface area contributed by atoms with Crippen LogP contribution in [0.5, 0.6) is 5.75 Å². The van der Waals surface area contributed by atoms with Gasteiger partial charge < -0.3 is 14.2 Å². The maximum Gasteiger partial charge on any atom is 0.276 e. The number of rotatable bonds is 8. The number of ether oxygens (including phenoxy) is 3. The molecular weight excluding hydrogens is 245 g/mol. The number of hydrogen-bond donors (Lipinski definition) is 0. The first-order valence-electron chi connectivity index (χ1n) is 5.28. The molecule has 0 saturated carbocycles. The summed E-state index contributed by atoms with van der Waals surface area (Å²) in [5.74, 6) is -0.600. The van der Waals surface area contributed by atoms with Gasteiger partial charge in [-0.05, 0) is 0 Å². The Bertz CT molecular complexity index is 399. The molecule has 0 atom stereocenters. The Hall–Kier alpha value is -1.73. The van der Waals surface area contributed by atoms with Crippen molar-refractivity contribution in [1.82, 2.24) is 0 Å². The zero-order valence-electron chi connectivity index (χ0n) is 9.93. The van der Waals surface area contributed by atoms with Crippen LogP contribution < -0.4 is 4.74 Å². The lowest BCUT2D eigenvalue weighted by molar-refractivity contribution is -0.385. The van der Waals surface area contributed by atoms with E-state index in [2.05, 4.69) is 0 Å². The lowest BCUT2D eigenvalue weighted by Crippen LogP contribution is -2.10. The fourth-order valence-electron chi connectivity index (χ4n) is 1.20. The molecule has 1 aromatic carbocycles. The van der Waals surface area contributed by atoms with Crippen molar-refractivity contribution in [2.75, 3.05) is 33.5 Å². The van der Waals surface area contributed by atoms with E-state index in [0.29, 0.717) is 19.8 Å². The number of nitro benzene ring substituents is 1. The van der Waals surface area contributed by atoms with Gasteiger partial charge in [-0.3, -0.25) is 10.1 Å². The number of nitro groups is 1. The van der Waals surface area contributed by atoms with E-state index in [4.69, 9.17) is 14.2 Å². The monoisotopic (exact) mass is 259 g/mol. The summed E-state index contributed by atoms with van der Waals surface area (Å²) >= 11 is 0. The second-order valence-corrected chi connectivity index (χ2v) is 3.36. The quantitative estimate of drug-likeness (QED) is 0.404. The van der Waals surface area contributed by atoms with E-state index in [0.717, 1.165) is 18.2 Å². The van der Waals surface area contributed by atoms with Gasteiger partial charge in [0, 0.05) is 13.2 Å². The highest BCUT2D eigenvalue weighted by Gasteiger charge is 2.10. The van der Waals surface area contributed by atoms with E-state index < -0.39 is 10.7 Å². The zero-order chi connectivity index (χ0) is 13.4. The van der Waals surface area contributed by atoms with Crippen molar-refractivity contribution in [2.24, 2.45) is 0 Å². The molecule has 0 heterocycles. The van der Waals surface area contributed by atoms with Crippen molar-refractivity contribution in [3.05, 3.63) is 34.1 Å². The third kappa shape index (κ3) is 5.07. The molecule has 0 fully saturated rings.